The van der Waals surface area contributed by atoms with Crippen LogP contribution < -0.4 is 0 Å². The second kappa shape index (κ2) is 5.33. The van der Waals surface area contributed by atoms with E-state index >= 15 is 0 Å². The summed E-state index contributed by atoms with van der Waals surface area (Å²) in [6.45, 7) is 8.17. The van der Waals surface area contributed by atoms with Gasteiger partial charge in [-0.3, -0.25) is 4.90 Å². The number of allylic oxidation sites excluding steroid dienone is 1. The Bertz CT molecular complexity index is 599. The molecule has 1 heterocycles. The molecular weight excluding hydrogens is 310 g/mol. The highest BCUT2D eigenvalue weighted by atomic mass is 16.3. The predicted molar refractivity (Wildman–Crippen MR) is 99.1 cm³/mol. The second-order valence-corrected chi connectivity index (χ2v) is 10.5. The Kier molecular flexibility index (Phi) is 3.57. The summed E-state index contributed by atoms with van der Waals surface area (Å²) in [6, 6.07) is 0. The lowest BCUT2D eigenvalue weighted by atomic mass is 9.47. The highest BCUT2D eigenvalue weighted by molar-refractivity contribution is 5.26. The first-order valence-electron chi connectivity index (χ1n) is 10.7. The van der Waals surface area contributed by atoms with Crippen LogP contribution in [0.2, 0.25) is 0 Å². The molecule has 4 fully saturated rings. The van der Waals surface area contributed by atoms with Gasteiger partial charge in [-0.2, -0.15) is 0 Å². The topological polar surface area (TPSA) is 43.5 Å². The first-order chi connectivity index (χ1) is 11.9. The van der Waals surface area contributed by atoms with Crippen LogP contribution in [0.1, 0.15) is 65.2 Å². The molecule has 4 unspecified atom stereocenters. The van der Waals surface area contributed by atoms with Gasteiger partial charge in [0.15, 0.2) is 0 Å². The van der Waals surface area contributed by atoms with Crippen molar-refractivity contribution in [2.45, 2.75) is 76.9 Å². The van der Waals surface area contributed by atoms with Crippen LogP contribution in [0.25, 0.3) is 0 Å². The van der Waals surface area contributed by atoms with E-state index in [0.717, 1.165) is 44.1 Å². The molecule has 0 aromatic heterocycles. The lowest BCUT2D eigenvalue weighted by Gasteiger charge is -2.59. The van der Waals surface area contributed by atoms with Crippen molar-refractivity contribution in [1.29, 1.82) is 0 Å². The summed E-state index contributed by atoms with van der Waals surface area (Å²) in [5.41, 5.74) is 1.50. The van der Waals surface area contributed by atoms with E-state index < -0.39 is 5.60 Å². The van der Waals surface area contributed by atoms with Gasteiger partial charge in [0, 0.05) is 25.0 Å². The minimum absolute atomic E-state index is 0.104. The molecule has 4 aliphatic carbocycles. The quantitative estimate of drug-likeness (QED) is 0.596. The van der Waals surface area contributed by atoms with Crippen LogP contribution >= 0.6 is 0 Å². The van der Waals surface area contributed by atoms with Crippen molar-refractivity contribution >= 4 is 0 Å². The van der Waals surface area contributed by atoms with E-state index in [0.29, 0.717) is 11.3 Å². The minimum Gasteiger partial charge on any atom is -0.393 e. The number of nitrogens with zero attached hydrogens (tertiary/aromatic N) is 1. The fourth-order valence-electron chi connectivity index (χ4n) is 7.61. The normalized spacial score (nSPS) is 55.1. The van der Waals surface area contributed by atoms with Gasteiger partial charge in [0.05, 0.1) is 11.7 Å². The molecule has 25 heavy (non-hydrogen) atoms. The predicted octanol–water partition coefficient (Wildman–Crippen LogP) is 3.36. The molecule has 0 amide bonds. The van der Waals surface area contributed by atoms with Gasteiger partial charge >= 0.3 is 0 Å². The van der Waals surface area contributed by atoms with Crippen molar-refractivity contribution in [1.82, 2.24) is 4.90 Å². The first kappa shape index (κ1) is 16.8. The van der Waals surface area contributed by atoms with Crippen molar-refractivity contribution in [3.63, 3.8) is 0 Å². The SMILES string of the molecule is C[C@]12CCC(O)CC1=CCC1C2CC[C@@]2(C)C1CC[C@@]2(O)CN1CC1. The van der Waals surface area contributed by atoms with Gasteiger partial charge < -0.3 is 10.2 Å². The maximum atomic E-state index is 11.6. The fraction of sp³-hybridized carbons (Fsp3) is 0.909. The molecule has 0 radical (unpaired) electrons. The zero-order valence-corrected chi connectivity index (χ0v) is 16.0. The van der Waals surface area contributed by atoms with E-state index in [9.17, 15) is 10.2 Å². The van der Waals surface area contributed by atoms with E-state index in [1.165, 1.54) is 38.8 Å². The average Bonchev–Trinajstić information content (AvgIpc) is 3.33. The molecular formula is C22H35NO2. The van der Waals surface area contributed by atoms with Gasteiger partial charge in [-0.15, -0.1) is 0 Å². The average molecular weight is 346 g/mol. The molecule has 7 atom stereocenters. The van der Waals surface area contributed by atoms with Gasteiger partial charge in [0.25, 0.3) is 0 Å². The third-order valence-electron chi connectivity index (χ3n) is 9.42. The van der Waals surface area contributed by atoms with Gasteiger partial charge in [0.2, 0.25) is 0 Å². The van der Waals surface area contributed by atoms with Gasteiger partial charge in [-0.1, -0.05) is 25.5 Å². The molecule has 140 valence electrons. The van der Waals surface area contributed by atoms with Crippen LogP contribution in [-0.4, -0.2) is 46.5 Å². The molecule has 5 rings (SSSR count). The summed E-state index contributed by atoms with van der Waals surface area (Å²) >= 11 is 0. The smallest absolute Gasteiger partial charge is 0.0830 e. The molecule has 0 aromatic carbocycles. The number of aliphatic hydroxyl groups is 2. The van der Waals surface area contributed by atoms with Crippen molar-refractivity contribution in [2.75, 3.05) is 19.6 Å². The van der Waals surface area contributed by atoms with E-state index in [2.05, 4.69) is 24.8 Å². The third-order valence-corrected chi connectivity index (χ3v) is 9.42. The minimum atomic E-state index is -0.465. The van der Waals surface area contributed by atoms with Crippen molar-refractivity contribution in [2.24, 2.45) is 28.6 Å². The van der Waals surface area contributed by atoms with Gasteiger partial charge in [0.1, 0.15) is 0 Å². The highest BCUT2D eigenvalue weighted by Crippen LogP contribution is 2.67. The Balaban J connectivity index is 1.45. The van der Waals surface area contributed by atoms with Crippen LogP contribution in [0.3, 0.4) is 0 Å². The maximum Gasteiger partial charge on any atom is 0.0830 e. The summed E-state index contributed by atoms with van der Waals surface area (Å²) < 4.78 is 0. The number of rotatable bonds is 2. The van der Waals surface area contributed by atoms with E-state index in [1.54, 1.807) is 5.57 Å². The molecule has 2 N–H and O–H groups in total. The van der Waals surface area contributed by atoms with Crippen molar-refractivity contribution < 1.29 is 10.2 Å². The third kappa shape index (κ3) is 2.28. The summed E-state index contributed by atoms with van der Waals surface area (Å²) in [4.78, 5) is 2.42. The van der Waals surface area contributed by atoms with Crippen molar-refractivity contribution in [3.8, 4) is 0 Å². The number of aliphatic hydroxyl groups excluding tert-OH is 1. The molecule has 3 heteroatoms. The fourth-order valence-corrected chi connectivity index (χ4v) is 7.61. The largest absolute Gasteiger partial charge is 0.393 e. The number of fused-ring (bicyclic) bond motifs is 5. The molecule has 1 saturated heterocycles. The molecule has 3 saturated carbocycles. The van der Waals surface area contributed by atoms with E-state index in [4.69, 9.17) is 0 Å². The second-order valence-electron chi connectivity index (χ2n) is 10.5. The summed E-state index contributed by atoms with van der Waals surface area (Å²) in [6.07, 6.45) is 11.3. The summed E-state index contributed by atoms with van der Waals surface area (Å²) in [5.74, 6) is 2.19. The van der Waals surface area contributed by atoms with Crippen LogP contribution in [0, 0.1) is 28.6 Å². The Hall–Kier alpha value is -0.380. The lowest BCUT2D eigenvalue weighted by Crippen LogP contribution is -2.56. The van der Waals surface area contributed by atoms with Crippen LogP contribution in [0.15, 0.2) is 11.6 Å². The molecule has 1 aliphatic heterocycles. The van der Waals surface area contributed by atoms with Crippen LogP contribution in [-0.2, 0) is 0 Å². The van der Waals surface area contributed by atoms with Crippen LogP contribution in [0.4, 0.5) is 0 Å². The Morgan fingerprint density at radius 2 is 1.84 bits per heavy atom. The van der Waals surface area contributed by atoms with E-state index in [-0.39, 0.29) is 11.5 Å². The maximum absolute atomic E-state index is 11.6. The zero-order valence-electron chi connectivity index (χ0n) is 16.0. The molecule has 0 spiro atoms. The first-order valence-corrected chi connectivity index (χ1v) is 10.7. The Morgan fingerprint density at radius 3 is 2.60 bits per heavy atom. The van der Waals surface area contributed by atoms with Gasteiger partial charge in [-0.05, 0) is 74.5 Å². The molecule has 5 aliphatic rings. The molecule has 0 bridgehead atoms. The Morgan fingerprint density at radius 1 is 1.08 bits per heavy atom. The number of hydrogen-bond donors (Lipinski definition) is 2. The summed E-state index contributed by atoms with van der Waals surface area (Å²) in [5, 5.41) is 21.7. The highest BCUT2D eigenvalue weighted by Gasteiger charge is 2.64. The number of β-amino-alcohol motifs (C(OH)–C–C–N with tert-alkyl or cyclic N) is 1. The monoisotopic (exact) mass is 345 g/mol. The van der Waals surface area contributed by atoms with Crippen LogP contribution in [0.5, 0.6) is 0 Å². The summed E-state index contributed by atoms with van der Waals surface area (Å²) in [7, 11) is 0. The molecule has 3 nitrogen and oxygen atoms in total. The standard InChI is InChI=1S/C22H35NO2/c1-20-8-5-16(24)13-15(20)3-4-17-18(20)6-9-21(2)19(17)7-10-22(21,25)14-23-11-12-23/h3,16-19,24-25H,4-14H2,1-2H3/t16?,17?,18?,19?,20-,21-,22+/m0/s1. The van der Waals surface area contributed by atoms with Gasteiger partial charge in [-0.25, -0.2) is 0 Å². The zero-order chi connectivity index (χ0) is 17.4. The lowest BCUT2D eigenvalue weighted by molar-refractivity contribution is -0.128. The Labute approximate surface area is 152 Å². The van der Waals surface area contributed by atoms with E-state index in [1.807, 2.05) is 0 Å². The molecule has 0 aromatic rings. The van der Waals surface area contributed by atoms with Crippen molar-refractivity contribution in [3.05, 3.63) is 11.6 Å². The number of hydrogen-bond acceptors (Lipinski definition) is 3.